The van der Waals surface area contributed by atoms with Gasteiger partial charge in [0, 0.05) is 12.4 Å². The largest absolute Gasteiger partial charge is 0.265 e. The molecule has 0 saturated heterocycles. The lowest BCUT2D eigenvalue weighted by molar-refractivity contribution is 0.196. The molecule has 1 aromatic heterocycles. The Balaban J connectivity index is 2.23. The van der Waals surface area contributed by atoms with Gasteiger partial charge in [0.15, 0.2) is 0 Å². The van der Waals surface area contributed by atoms with Crippen LogP contribution >= 0.6 is 0 Å². The van der Waals surface area contributed by atoms with Crippen LogP contribution in [0.4, 0.5) is 11.4 Å². The summed E-state index contributed by atoms with van der Waals surface area (Å²) in [7, 11) is 0. The number of rotatable bonds is 3. The minimum absolute atomic E-state index is 0.477. The molecule has 0 aliphatic carbocycles. The molecule has 3 heteroatoms. The molecular weight excluding hydrogens is 212 g/mol. The molecule has 0 bridgehead atoms. The molecule has 0 aliphatic heterocycles. The van der Waals surface area contributed by atoms with Crippen LogP contribution in [0.15, 0.2) is 48.8 Å². The highest BCUT2D eigenvalue weighted by molar-refractivity contribution is 5.59. The van der Waals surface area contributed by atoms with E-state index >= 15 is 0 Å². The Bertz CT molecular complexity index is 465. The molecule has 3 nitrogen and oxygen atoms in total. The third-order valence-electron chi connectivity index (χ3n) is 2.69. The molecule has 0 N–H and O–H groups in total. The summed E-state index contributed by atoms with van der Waals surface area (Å²) in [6.07, 6.45) is 3.23. The van der Waals surface area contributed by atoms with Gasteiger partial charge >= 0.3 is 0 Å². The van der Waals surface area contributed by atoms with Crippen LogP contribution in [0.5, 0.6) is 0 Å². The monoisotopic (exact) mass is 227 g/mol. The highest BCUT2D eigenvalue weighted by atomic mass is 16.5. The van der Waals surface area contributed by atoms with Crippen molar-refractivity contribution in [3.8, 4) is 0 Å². The van der Waals surface area contributed by atoms with Crippen LogP contribution in [0.2, 0.25) is 0 Å². The predicted molar refractivity (Wildman–Crippen MR) is 67.6 cm³/mol. The molecule has 0 unspecified atom stereocenters. The van der Waals surface area contributed by atoms with E-state index in [1.807, 2.05) is 24.3 Å². The van der Waals surface area contributed by atoms with Crippen molar-refractivity contribution in [3.63, 3.8) is 0 Å². The summed E-state index contributed by atoms with van der Waals surface area (Å²) in [5.74, 6) is 0.477. The second-order valence-electron chi connectivity index (χ2n) is 4.25. The van der Waals surface area contributed by atoms with Crippen LogP contribution < -0.4 is 5.06 Å². The van der Waals surface area contributed by atoms with Crippen LogP contribution in [0.1, 0.15) is 25.3 Å². The van der Waals surface area contributed by atoms with Gasteiger partial charge in [0.1, 0.15) is 0 Å². The Hall–Kier alpha value is -1.87. The number of benzene rings is 1. The van der Waals surface area contributed by atoms with Gasteiger partial charge in [-0.2, -0.15) is 5.06 Å². The van der Waals surface area contributed by atoms with E-state index in [-0.39, 0.29) is 0 Å². The quantitative estimate of drug-likeness (QED) is 0.750. The SMILES string of the molecule is CC(C)c1ccc(N([O])c2ccncc2)cc1. The fourth-order valence-corrected chi connectivity index (χ4v) is 1.62. The molecule has 2 aromatic rings. The molecule has 0 atom stereocenters. The lowest BCUT2D eigenvalue weighted by Gasteiger charge is -2.14. The Morgan fingerprint density at radius 2 is 1.47 bits per heavy atom. The lowest BCUT2D eigenvalue weighted by Crippen LogP contribution is -2.08. The van der Waals surface area contributed by atoms with Crippen molar-refractivity contribution >= 4 is 11.4 Å². The maximum absolute atomic E-state index is 12.0. The minimum atomic E-state index is 0.477. The summed E-state index contributed by atoms with van der Waals surface area (Å²) < 4.78 is 0. The summed E-state index contributed by atoms with van der Waals surface area (Å²) in [5.41, 5.74) is 2.47. The molecule has 0 fully saturated rings. The Labute approximate surface area is 101 Å². The molecule has 0 saturated carbocycles. The molecule has 1 aromatic carbocycles. The fraction of sp³-hybridized carbons (Fsp3) is 0.214. The molecule has 2 rings (SSSR count). The van der Waals surface area contributed by atoms with E-state index in [0.29, 0.717) is 17.3 Å². The standard InChI is InChI=1S/C14H15N2O/c1-11(2)12-3-5-13(6-4-12)16(17)14-7-9-15-10-8-14/h3-11H,1-2H3. The van der Waals surface area contributed by atoms with E-state index in [2.05, 4.69) is 18.8 Å². The Morgan fingerprint density at radius 3 is 2.00 bits per heavy atom. The summed E-state index contributed by atoms with van der Waals surface area (Å²) in [5, 5.41) is 12.9. The van der Waals surface area contributed by atoms with Gasteiger partial charge in [0.2, 0.25) is 0 Å². The van der Waals surface area contributed by atoms with E-state index in [4.69, 9.17) is 0 Å². The fourth-order valence-electron chi connectivity index (χ4n) is 1.62. The summed E-state index contributed by atoms with van der Waals surface area (Å²) in [4.78, 5) is 3.89. The number of hydrogen-bond donors (Lipinski definition) is 0. The lowest BCUT2D eigenvalue weighted by atomic mass is 10.0. The van der Waals surface area contributed by atoms with Gasteiger partial charge < -0.3 is 0 Å². The van der Waals surface area contributed by atoms with E-state index < -0.39 is 0 Å². The maximum atomic E-state index is 12.0. The van der Waals surface area contributed by atoms with Crippen molar-refractivity contribution in [1.29, 1.82) is 0 Å². The molecule has 1 heterocycles. The second kappa shape index (κ2) is 4.97. The third kappa shape index (κ3) is 2.63. The van der Waals surface area contributed by atoms with Crippen LogP contribution in [-0.2, 0) is 5.21 Å². The number of nitrogens with zero attached hydrogens (tertiary/aromatic N) is 2. The average molecular weight is 227 g/mol. The van der Waals surface area contributed by atoms with Crippen LogP contribution in [0.3, 0.4) is 0 Å². The highest BCUT2D eigenvalue weighted by Crippen LogP contribution is 2.24. The Morgan fingerprint density at radius 1 is 0.941 bits per heavy atom. The van der Waals surface area contributed by atoms with Gasteiger partial charge in [-0.1, -0.05) is 31.2 Å². The zero-order chi connectivity index (χ0) is 12.3. The van der Waals surface area contributed by atoms with Crippen molar-refractivity contribution in [3.05, 3.63) is 54.4 Å². The first kappa shape index (κ1) is 11.6. The number of pyridine rings is 1. The molecule has 0 spiro atoms. The van der Waals surface area contributed by atoms with Crippen molar-refractivity contribution in [2.24, 2.45) is 0 Å². The van der Waals surface area contributed by atoms with Crippen LogP contribution in [-0.4, -0.2) is 4.98 Å². The van der Waals surface area contributed by atoms with Crippen molar-refractivity contribution in [2.75, 3.05) is 5.06 Å². The zero-order valence-electron chi connectivity index (χ0n) is 10.00. The van der Waals surface area contributed by atoms with Crippen LogP contribution in [0, 0.1) is 0 Å². The third-order valence-corrected chi connectivity index (χ3v) is 2.69. The summed E-state index contributed by atoms with van der Waals surface area (Å²) in [6.45, 7) is 4.26. The first-order valence-corrected chi connectivity index (χ1v) is 5.65. The first-order chi connectivity index (χ1) is 8.18. The van der Waals surface area contributed by atoms with Gasteiger partial charge in [-0.15, -0.1) is 0 Å². The zero-order valence-corrected chi connectivity index (χ0v) is 10.00. The second-order valence-corrected chi connectivity index (χ2v) is 4.25. The molecule has 0 amide bonds. The van der Waals surface area contributed by atoms with E-state index in [0.717, 1.165) is 5.06 Å². The number of aromatic nitrogens is 1. The van der Waals surface area contributed by atoms with Gasteiger partial charge in [-0.05, 0) is 35.7 Å². The molecule has 17 heavy (non-hydrogen) atoms. The molecule has 1 radical (unpaired) electrons. The molecular formula is C14H15N2O. The van der Waals surface area contributed by atoms with Gasteiger partial charge in [-0.25, -0.2) is 0 Å². The van der Waals surface area contributed by atoms with Gasteiger partial charge in [-0.3, -0.25) is 4.98 Å². The van der Waals surface area contributed by atoms with E-state index in [1.54, 1.807) is 24.5 Å². The number of anilines is 2. The normalized spacial score (nSPS) is 10.6. The Kier molecular flexibility index (Phi) is 3.40. The minimum Gasteiger partial charge on any atom is -0.265 e. The average Bonchev–Trinajstić information content (AvgIpc) is 2.39. The highest BCUT2D eigenvalue weighted by Gasteiger charge is 2.07. The number of hydrogen-bond acceptors (Lipinski definition) is 2. The van der Waals surface area contributed by atoms with Crippen molar-refractivity contribution < 1.29 is 5.21 Å². The molecule has 87 valence electrons. The van der Waals surface area contributed by atoms with Crippen LogP contribution in [0.25, 0.3) is 0 Å². The van der Waals surface area contributed by atoms with Crippen molar-refractivity contribution in [2.45, 2.75) is 19.8 Å². The summed E-state index contributed by atoms with van der Waals surface area (Å²) in [6, 6.07) is 11.1. The van der Waals surface area contributed by atoms with E-state index in [9.17, 15) is 5.21 Å². The van der Waals surface area contributed by atoms with Gasteiger partial charge in [0.05, 0.1) is 11.4 Å². The van der Waals surface area contributed by atoms with Crippen molar-refractivity contribution in [1.82, 2.24) is 4.98 Å². The summed E-state index contributed by atoms with van der Waals surface area (Å²) >= 11 is 0. The van der Waals surface area contributed by atoms with E-state index in [1.165, 1.54) is 5.56 Å². The topological polar surface area (TPSA) is 36.0 Å². The first-order valence-electron chi connectivity index (χ1n) is 5.65. The smallest absolute Gasteiger partial charge is 0.0757 e. The maximum Gasteiger partial charge on any atom is 0.0757 e. The molecule has 0 aliphatic rings. The van der Waals surface area contributed by atoms with Gasteiger partial charge in [0.25, 0.3) is 0 Å². The predicted octanol–water partition coefficient (Wildman–Crippen LogP) is 3.69.